The number of benzene rings is 1. The quantitative estimate of drug-likeness (QED) is 0.747. The van der Waals surface area contributed by atoms with E-state index in [9.17, 15) is 5.11 Å². The van der Waals surface area contributed by atoms with Gasteiger partial charge in [0.2, 0.25) is 6.79 Å². The second-order valence-electron chi connectivity index (χ2n) is 5.27. The molecule has 0 atom stereocenters. The lowest BCUT2D eigenvalue weighted by atomic mass is 10.1. The Bertz CT molecular complexity index is 429. The smallest absolute Gasteiger partial charge is 0.231 e. The summed E-state index contributed by atoms with van der Waals surface area (Å²) in [5.74, 6) is 1.69. The van der Waals surface area contributed by atoms with Crippen molar-refractivity contribution in [3.63, 3.8) is 0 Å². The molecule has 4 heteroatoms. The molecule has 0 spiro atoms. The summed E-state index contributed by atoms with van der Waals surface area (Å²) in [6.45, 7) is 2.50. The van der Waals surface area contributed by atoms with Gasteiger partial charge in [0.1, 0.15) is 0 Å². The van der Waals surface area contributed by atoms with Gasteiger partial charge in [-0.3, -0.25) is 0 Å². The third-order valence-electron chi connectivity index (χ3n) is 3.82. The molecule has 0 amide bonds. The van der Waals surface area contributed by atoms with Crippen molar-refractivity contribution in [1.82, 2.24) is 5.32 Å². The molecule has 0 aromatic heterocycles. The van der Waals surface area contributed by atoms with Crippen LogP contribution in [0, 0.1) is 5.41 Å². The molecule has 0 bridgehead atoms. The molecule has 2 aliphatic rings. The van der Waals surface area contributed by atoms with Gasteiger partial charge in [-0.05, 0) is 43.5 Å². The van der Waals surface area contributed by atoms with Crippen LogP contribution in [0.2, 0.25) is 0 Å². The van der Waals surface area contributed by atoms with Crippen LogP contribution in [0.15, 0.2) is 18.2 Å². The average molecular weight is 249 g/mol. The predicted octanol–water partition coefficient (Wildman–Crippen LogP) is 1.32. The lowest BCUT2D eigenvalue weighted by molar-refractivity contribution is 0.174. The Morgan fingerprint density at radius 3 is 2.83 bits per heavy atom. The first kappa shape index (κ1) is 11.8. The van der Waals surface area contributed by atoms with Crippen LogP contribution in [0.25, 0.3) is 0 Å². The van der Waals surface area contributed by atoms with E-state index in [1.807, 2.05) is 12.1 Å². The Balaban J connectivity index is 1.46. The SMILES string of the molecule is OCC1(CNCCc2ccc3c(c2)OCO3)CC1. The highest BCUT2D eigenvalue weighted by atomic mass is 16.7. The Hall–Kier alpha value is -1.26. The Morgan fingerprint density at radius 2 is 2.06 bits per heavy atom. The van der Waals surface area contributed by atoms with Gasteiger partial charge in [0.25, 0.3) is 0 Å². The molecule has 0 unspecified atom stereocenters. The molecule has 1 aliphatic heterocycles. The van der Waals surface area contributed by atoms with Crippen LogP contribution in [0.3, 0.4) is 0 Å². The van der Waals surface area contributed by atoms with Gasteiger partial charge in [0.15, 0.2) is 11.5 Å². The molecule has 0 saturated heterocycles. The molecule has 1 aliphatic carbocycles. The fraction of sp³-hybridized carbons (Fsp3) is 0.571. The normalized spacial score (nSPS) is 18.9. The van der Waals surface area contributed by atoms with Gasteiger partial charge in [0, 0.05) is 18.6 Å². The number of aliphatic hydroxyl groups excluding tert-OH is 1. The largest absolute Gasteiger partial charge is 0.454 e. The molecule has 1 heterocycles. The number of rotatable bonds is 6. The first-order chi connectivity index (χ1) is 8.81. The second kappa shape index (κ2) is 4.78. The van der Waals surface area contributed by atoms with Gasteiger partial charge in [-0.2, -0.15) is 0 Å². The van der Waals surface area contributed by atoms with Crippen molar-refractivity contribution < 1.29 is 14.6 Å². The van der Waals surface area contributed by atoms with E-state index in [-0.39, 0.29) is 5.41 Å². The van der Waals surface area contributed by atoms with E-state index in [0.717, 1.165) is 43.9 Å². The molecular formula is C14H19NO3. The maximum Gasteiger partial charge on any atom is 0.231 e. The highest BCUT2D eigenvalue weighted by Gasteiger charge is 2.41. The summed E-state index contributed by atoms with van der Waals surface area (Å²) < 4.78 is 10.6. The average Bonchev–Trinajstić information content (AvgIpc) is 3.03. The van der Waals surface area contributed by atoms with Crippen molar-refractivity contribution in [3.05, 3.63) is 23.8 Å². The first-order valence-corrected chi connectivity index (χ1v) is 6.51. The number of ether oxygens (including phenoxy) is 2. The first-order valence-electron chi connectivity index (χ1n) is 6.51. The minimum Gasteiger partial charge on any atom is -0.454 e. The molecular weight excluding hydrogens is 230 g/mol. The minimum absolute atomic E-state index is 0.189. The zero-order valence-electron chi connectivity index (χ0n) is 10.4. The van der Waals surface area contributed by atoms with E-state index in [4.69, 9.17) is 9.47 Å². The van der Waals surface area contributed by atoms with Gasteiger partial charge in [0.05, 0.1) is 0 Å². The van der Waals surface area contributed by atoms with Gasteiger partial charge in [-0.1, -0.05) is 6.07 Å². The molecule has 1 aromatic carbocycles. The maximum atomic E-state index is 9.21. The van der Waals surface area contributed by atoms with Crippen molar-refractivity contribution in [2.24, 2.45) is 5.41 Å². The number of nitrogens with one attached hydrogen (secondary N) is 1. The maximum absolute atomic E-state index is 9.21. The lowest BCUT2D eigenvalue weighted by Crippen LogP contribution is -2.28. The van der Waals surface area contributed by atoms with E-state index in [2.05, 4.69) is 11.4 Å². The topological polar surface area (TPSA) is 50.7 Å². The monoisotopic (exact) mass is 249 g/mol. The highest BCUT2D eigenvalue weighted by Crippen LogP contribution is 2.44. The molecule has 1 aromatic rings. The summed E-state index contributed by atoms with van der Waals surface area (Å²) in [7, 11) is 0. The molecule has 1 fully saturated rings. The Kier molecular flexibility index (Phi) is 3.14. The summed E-state index contributed by atoms with van der Waals surface area (Å²) in [5, 5.41) is 12.6. The molecule has 18 heavy (non-hydrogen) atoms. The number of hydrogen-bond acceptors (Lipinski definition) is 4. The molecule has 2 N–H and O–H groups in total. The number of aliphatic hydroxyl groups is 1. The molecule has 1 saturated carbocycles. The zero-order valence-corrected chi connectivity index (χ0v) is 10.4. The Morgan fingerprint density at radius 1 is 1.22 bits per heavy atom. The van der Waals surface area contributed by atoms with Gasteiger partial charge in [-0.15, -0.1) is 0 Å². The summed E-state index contributed by atoms with van der Waals surface area (Å²) in [6.07, 6.45) is 3.28. The highest BCUT2D eigenvalue weighted by molar-refractivity contribution is 5.44. The number of fused-ring (bicyclic) bond motifs is 1. The molecule has 0 radical (unpaired) electrons. The van der Waals surface area contributed by atoms with E-state index < -0.39 is 0 Å². The van der Waals surface area contributed by atoms with Crippen molar-refractivity contribution in [3.8, 4) is 11.5 Å². The van der Waals surface area contributed by atoms with Crippen LogP contribution in [-0.4, -0.2) is 31.6 Å². The predicted molar refractivity (Wildman–Crippen MR) is 67.9 cm³/mol. The van der Waals surface area contributed by atoms with E-state index >= 15 is 0 Å². The third kappa shape index (κ3) is 2.44. The van der Waals surface area contributed by atoms with Crippen LogP contribution >= 0.6 is 0 Å². The standard InChI is InChI=1S/C14H19NO3/c16-9-14(4-5-14)8-15-6-3-11-1-2-12-13(7-11)18-10-17-12/h1-2,7,15-16H,3-6,8-10H2. The van der Waals surface area contributed by atoms with Crippen molar-refractivity contribution >= 4 is 0 Å². The van der Waals surface area contributed by atoms with Crippen LogP contribution in [0.1, 0.15) is 18.4 Å². The van der Waals surface area contributed by atoms with E-state index in [1.54, 1.807) is 0 Å². The van der Waals surface area contributed by atoms with Gasteiger partial charge < -0.3 is 19.9 Å². The van der Waals surface area contributed by atoms with Crippen LogP contribution in [-0.2, 0) is 6.42 Å². The van der Waals surface area contributed by atoms with Crippen molar-refractivity contribution in [1.29, 1.82) is 0 Å². The van der Waals surface area contributed by atoms with E-state index in [0.29, 0.717) is 13.4 Å². The fourth-order valence-corrected chi connectivity index (χ4v) is 2.25. The van der Waals surface area contributed by atoms with Crippen LogP contribution in [0.4, 0.5) is 0 Å². The van der Waals surface area contributed by atoms with E-state index in [1.165, 1.54) is 5.56 Å². The summed E-state index contributed by atoms with van der Waals surface area (Å²) in [5.41, 5.74) is 1.44. The molecule has 3 rings (SSSR count). The summed E-state index contributed by atoms with van der Waals surface area (Å²) in [6, 6.07) is 6.09. The van der Waals surface area contributed by atoms with Gasteiger partial charge in [-0.25, -0.2) is 0 Å². The fourth-order valence-electron chi connectivity index (χ4n) is 2.25. The zero-order chi connectivity index (χ0) is 12.4. The molecule has 98 valence electrons. The minimum atomic E-state index is 0.189. The van der Waals surface area contributed by atoms with Crippen molar-refractivity contribution in [2.45, 2.75) is 19.3 Å². The molecule has 4 nitrogen and oxygen atoms in total. The third-order valence-corrected chi connectivity index (χ3v) is 3.82. The van der Waals surface area contributed by atoms with Crippen molar-refractivity contribution in [2.75, 3.05) is 26.5 Å². The Labute approximate surface area is 107 Å². The van der Waals surface area contributed by atoms with Gasteiger partial charge >= 0.3 is 0 Å². The van der Waals surface area contributed by atoms with Crippen LogP contribution < -0.4 is 14.8 Å². The summed E-state index contributed by atoms with van der Waals surface area (Å²) >= 11 is 0. The number of hydrogen-bond donors (Lipinski definition) is 2. The lowest BCUT2D eigenvalue weighted by Gasteiger charge is -2.12. The van der Waals surface area contributed by atoms with Crippen LogP contribution in [0.5, 0.6) is 11.5 Å². The second-order valence-corrected chi connectivity index (χ2v) is 5.27. The summed E-state index contributed by atoms with van der Waals surface area (Å²) in [4.78, 5) is 0.